The lowest BCUT2D eigenvalue weighted by Gasteiger charge is -2.35. The minimum Gasteiger partial charge on any atom is -0.466 e. The van der Waals surface area contributed by atoms with Crippen LogP contribution in [0.4, 0.5) is 18.9 Å². The lowest BCUT2D eigenvalue weighted by molar-refractivity contribution is -0.234. The Labute approximate surface area is 89.2 Å². The molecule has 1 amide bonds. The molecule has 1 aliphatic heterocycles. The first-order valence-corrected chi connectivity index (χ1v) is 4.51. The molecule has 16 heavy (non-hydrogen) atoms. The number of amides is 1. The van der Waals surface area contributed by atoms with Crippen LogP contribution in [0.2, 0.25) is 0 Å². The van der Waals surface area contributed by atoms with Gasteiger partial charge in [0.2, 0.25) is 0 Å². The maximum absolute atomic E-state index is 12.7. The average molecular weight is 231 g/mol. The molecule has 1 aromatic rings. The third-order valence-electron chi connectivity index (χ3n) is 2.42. The molecule has 1 unspecified atom stereocenters. The van der Waals surface area contributed by atoms with E-state index in [1.807, 2.05) is 0 Å². The number of halogens is 3. The highest BCUT2D eigenvalue weighted by molar-refractivity contribution is 6.01. The molecule has 0 spiro atoms. The Bertz CT molecular complexity index is 444. The van der Waals surface area contributed by atoms with Gasteiger partial charge in [-0.1, -0.05) is 12.1 Å². The molecule has 0 fully saturated rings. The Morgan fingerprint density at radius 3 is 2.56 bits per heavy atom. The fourth-order valence-corrected chi connectivity index (χ4v) is 1.35. The number of alkyl halides is 3. The van der Waals surface area contributed by atoms with Crippen molar-refractivity contribution in [3.63, 3.8) is 0 Å². The van der Waals surface area contributed by atoms with Crippen molar-refractivity contribution < 1.29 is 22.7 Å². The van der Waals surface area contributed by atoms with Crippen LogP contribution in [0.1, 0.15) is 6.92 Å². The van der Waals surface area contributed by atoms with Gasteiger partial charge in [0, 0.05) is 0 Å². The predicted octanol–water partition coefficient (Wildman–Crippen LogP) is 2.34. The fraction of sp³-hybridized carbons (Fsp3) is 0.300. The van der Waals surface area contributed by atoms with E-state index in [0.717, 1.165) is 0 Å². The number of nitrogens with one attached hydrogen (secondary N) is 1. The summed E-state index contributed by atoms with van der Waals surface area (Å²) in [4.78, 5) is 11.4. The number of rotatable bonds is 0. The molecule has 86 valence electrons. The van der Waals surface area contributed by atoms with Crippen molar-refractivity contribution in [2.75, 3.05) is 5.32 Å². The van der Waals surface area contributed by atoms with Crippen molar-refractivity contribution in [3.8, 4) is 5.75 Å². The summed E-state index contributed by atoms with van der Waals surface area (Å²) in [6.45, 7) is 0.707. The van der Waals surface area contributed by atoms with Crippen LogP contribution in [0.15, 0.2) is 24.3 Å². The smallest absolute Gasteiger partial charge is 0.437 e. The number of para-hydroxylation sites is 2. The van der Waals surface area contributed by atoms with Crippen LogP contribution >= 0.6 is 0 Å². The van der Waals surface area contributed by atoms with Crippen LogP contribution in [0, 0.1) is 0 Å². The van der Waals surface area contributed by atoms with Gasteiger partial charge in [0.15, 0.2) is 0 Å². The summed E-state index contributed by atoms with van der Waals surface area (Å²) in [5.41, 5.74) is -2.59. The molecule has 0 aromatic heterocycles. The van der Waals surface area contributed by atoms with E-state index in [1.54, 1.807) is 6.07 Å². The number of carbonyl (C=O) groups is 1. The highest BCUT2D eigenvalue weighted by Gasteiger charge is 2.61. The number of hydrogen-bond donors (Lipinski definition) is 1. The predicted molar refractivity (Wildman–Crippen MR) is 50.2 cm³/mol. The van der Waals surface area contributed by atoms with E-state index in [1.165, 1.54) is 18.2 Å². The molecule has 0 saturated carbocycles. The Balaban J connectivity index is 2.46. The first kappa shape index (κ1) is 10.8. The van der Waals surface area contributed by atoms with Gasteiger partial charge < -0.3 is 10.1 Å². The molecule has 3 nitrogen and oxygen atoms in total. The second-order valence-electron chi connectivity index (χ2n) is 3.58. The fourth-order valence-electron chi connectivity index (χ4n) is 1.35. The van der Waals surface area contributed by atoms with Gasteiger partial charge in [-0.2, -0.15) is 13.2 Å². The Morgan fingerprint density at radius 2 is 1.94 bits per heavy atom. The van der Waals surface area contributed by atoms with E-state index in [0.29, 0.717) is 6.92 Å². The zero-order valence-corrected chi connectivity index (χ0v) is 8.26. The number of fused-ring (bicyclic) bond motifs is 1. The maximum atomic E-state index is 12.7. The number of ether oxygens (including phenoxy) is 1. The topological polar surface area (TPSA) is 38.3 Å². The summed E-state index contributed by atoms with van der Waals surface area (Å²) in [6, 6.07) is 5.98. The summed E-state index contributed by atoms with van der Waals surface area (Å²) < 4.78 is 42.8. The van der Waals surface area contributed by atoms with E-state index < -0.39 is 17.7 Å². The van der Waals surface area contributed by atoms with Gasteiger partial charge >= 0.3 is 6.18 Å². The highest BCUT2D eigenvalue weighted by Crippen LogP contribution is 2.41. The van der Waals surface area contributed by atoms with Gasteiger partial charge in [0.1, 0.15) is 5.75 Å². The lowest BCUT2D eigenvalue weighted by Crippen LogP contribution is -2.58. The van der Waals surface area contributed by atoms with Crippen molar-refractivity contribution in [2.24, 2.45) is 0 Å². The quantitative estimate of drug-likeness (QED) is 0.744. The Morgan fingerprint density at radius 1 is 1.31 bits per heavy atom. The van der Waals surface area contributed by atoms with Crippen molar-refractivity contribution in [1.82, 2.24) is 0 Å². The number of carbonyl (C=O) groups excluding carboxylic acids is 1. The zero-order chi connectivity index (χ0) is 12.0. The molecule has 1 atom stereocenters. The van der Waals surface area contributed by atoms with Crippen molar-refractivity contribution in [2.45, 2.75) is 18.7 Å². The molecule has 1 aromatic carbocycles. The largest absolute Gasteiger partial charge is 0.466 e. The van der Waals surface area contributed by atoms with Crippen LogP contribution in [0.3, 0.4) is 0 Å². The van der Waals surface area contributed by atoms with Crippen LogP contribution in [0.25, 0.3) is 0 Å². The van der Waals surface area contributed by atoms with E-state index in [-0.39, 0.29) is 11.4 Å². The molecule has 0 aliphatic carbocycles. The molecule has 0 bridgehead atoms. The normalized spacial score (nSPS) is 24.4. The second-order valence-corrected chi connectivity index (χ2v) is 3.58. The van der Waals surface area contributed by atoms with Gasteiger partial charge in [-0.25, -0.2) is 0 Å². The number of benzene rings is 1. The molecule has 0 saturated heterocycles. The summed E-state index contributed by atoms with van der Waals surface area (Å²) >= 11 is 0. The van der Waals surface area contributed by atoms with Gasteiger partial charge in [-0.3, -0.25) is 4.79 Å². The van der Waals surface area contributed by atoms with Gasteiger partial charge in [0.25, 0.3) is 11.5 Å². The maximum Gasteiger partial charge on any atom is 0.437 e. The molecular weight excluding hydrogens is 223 g/mol. The van der Waals surface area contributed by atoms with Crippen LogP contribution in [0.5, 0.6) is 5.75 Å². The van der Waals surface area contributed by atoms with Crippen molar-refractivity contribution in [3.05, 3.63) is 24.3 Å². The van der Waals surface area contributed by atoms with Crippen molar-refractivity contribution in [1.29, 1.82) is 0 Å². The van der Waals surface area contributed by atoms with E-state index in [9.17, 15) is 18.0 Å². The minimum atomic E-state index is -4.76. The number of anilines is 1. The summed E-state index contributed by atoms with van der Waals surface area (Å²) in [5.74, 6) is -1.19. The first-order chi connectivity index (χ1) is 7.34. The monoisotopic (exact) mass is 231 g/mol. The second kappa shape index (κ2) is 3.13. The highest BCUT2D eigenvalue weighted by atomic mass is 19.4. The van der Waals surface area contributed by atoms with E-state index >= 15 is 0 Å². The Kier molecular flexibility index (Phi) is 2.11. The van der Waals surface area contributed by atoms with E-state index in [4.69, 9.17) is 4.74 Å². The molecule has 1 aliphatic rings. The van der Waals surface area contributed by atoms with Crippen LogP contribution in [-0.4, -0.2) is 17.7 Å². The van der Waals surface area contributed by atoms with Crippen LogP contribution < -0.4 is 10.1 Å². The van der Waals surface area contributed by atoms with Crippen molar-refractivity contribution >= 4 is 11.6 Å². The SMILES string of the molecule is CC1(C(F)(F)F)Oc2ccccc2NC1=O. The van der Waals surface area contributed by atoms with Gasteiger partial charge in [-0.05, 0) is 19.1 Å². The minimum absolute atomic E-state index is 0.0157. The molecule has 6 heteroatoms. The van der Waals surface area contributed by atoms with E-state index in [2.05, 4.69) is 5.32 Å². The molecule has 0 radical (unpaired) electrons. The van der Waals surface area contributed by atoms with Gasteiger partial charge in [-0.15, -0.1) is 0 Å². The summed E-state index contributed by atoms with van der Waals surface area (Å²) in [7, 11) is 0. The molecule has 1 heterocycles. The molecule has 2 rings (SSSR count). The number of hydrogen-bond acceptors (Lipinski definition) is 2. The summed E-state index contributed by atoms with van der Waals surface area (Å²) in [5, 5.41) is 2.17. The van der Waals surface area contributed by atoms with Gasteiger partial charge in [0.05, 0.1) is 5.69 Å². The Hall–Kier alpha value is -1.72. The first-order valence-electron chi connectivity index (χ1n) is 4.51. The third-order valence-corrected chi connectivity index (χ3v) is 2.42. The zero-order valence-electron chi connectivity index (χ0n) is 8.26. The molecule has 1 N–H and O–H groups in total. The summed E-state index contributed by atoms with van der Waals surface area (Å²) in [6.07, 6.45) is -4.76. The lowest BCUT2D eigenvalue weighted by atomic mass is 10.0. The third kappa shape index (κ3) is 1.41. The van der Waals surface area contributed by atoms with Crippen LogP contribution in [-0.2, 0) is 4.79 Å². The molecular formula is C10H8F3NO2. The average Bonchev–Trinajstić information content (AvgIpc) is 2.18. The standard InChI is InChI=1S/C10H8F3NO2/c1-9(10(11,12)13)8(15)14-6-4-2-3-5-7(6)16-9/h2-5H,1H3,(H,14,15).